The zero-order valence-electron chi connectivity index (χ0n) is 18.1. The number of benzene rings is 1. The van der Waals surface area contributed by atoms with Crippen LogP contribution in [0.25, 0.3) is 10.9 Å². The number of hydrogen-bond donors (Lipinski definition) is 1. The Bertz CT molecular complexity index is 1140. The molecule has 3 aromatic rings. The molecule has 0 aliphatic carbocycles. The molecule has 1 atom stereocenters. The van der Waals surface area contributed by atoms with Gasteiger partial charge in [0.1, 0.15) is 11.5 Å². The normalized spacial score (nSPS) is 19.1. The molecule has 8 heteroatoms. The smallest absolute Gasteiger partial charge is 0.296 e. The first-order valence-electron chi connectivity index (χ1n) is 11.0. The van der Waals surface area contributed by atoms with E-state index in [-0.39, 0.29) is 12.4 Å². The Morgan fingerprint density at radius 1 is 1.31 bits per heavy atom. The van der Waals surface area contributed by atoms with Crippen molar-refractivity contribution in [3.8, 4) is 0 Å². The van der Waals surface area contributed by atoms with Crippen LogP contribution < -0.4 is 0 Å². The molecular weight excluding hydrogens is 411 g/mol. The van der Waals surface area contributed by atoms with Crippen LogP contribution in [0.15, 0.2) is 36.7 Å². The Kier molecular flexibility index (Phi) is 5.67. The van der Waals surface area contributed by atoms with E-state index in [1.165, 1.54) is 12.1 Å². The van der Waals surface area contributed by atoms with Crippen LogP contribution in [0.3, 0.4) is 0 Å². The highest BCUT2D eigenvalue weighted by Gasteiger charge is 2.29. The quantitative estimate of drug-likeness (QED) is 0.620. The maximum absolute atomic E-state index is 13.4. The predicted molar refractivity (Wildman–Crippen MR) is 117 cm³/mol. The molecule has 7 nitrogen and oxygen atoms in total. The third kappa shape index (κ3) is 3.90. The average Bonchev–Trinajstić information content (AvgIpc) is 3.15. The summed E-state index contributed by atoms with van der Waals surface area (Å²) >= 11 is 0. The summed E-state index contributed by atoms with van der Waals surface area (Å²) in [6.07, 6.45) is 6.53. The van der Waals surface area contributed by atoms with Crippen LogP contribution in [0.5, 0.6) is 0 Å². The third-order valence-electron chi connectivity index (χ3n) is 6.56. The molecule has 32 heavy (non-hydrogen) atoms. The van der Waals surface area contributed by atoms with Gasteiger partial charge in [-0.05, 0) is 55.1 Å². The van der Waals surface area contributed by atoms with E-state index >= 15 is 0 Å². The molecule has 2 aliphatic heterocycles. The van der Waals surface area contributed by atoms with Gasteiger partial charge in [0.05, 0.1) is 24.9 Å². The van der Waals surface area contributed by atoms with Gasteiger partial charge in [-0.1, -0.05) is 12.1 Å². The van der Waals surface area contributed by atoms with Crippen molar-refractivity contribution in [2.24, 2.45) is 0 Å². The Labute approximate surface area is 186 Å². The number of pyridine rings is 1. The summed E-state index contributed by atoms with van der Waals surface area (Å²) in [5.41, 5.74) is 4.25. The first-order chi connectivity index (χ1) is 15.5. The Balaban J connectivity index is 1.57. The number of halogens is 1. The van der Waals surface area contributed by atoms with E-state index in [4.69, 9.17) is 4.74 Å². The summed E-state index contributed by atoms with van der Waals surface area (Å²) in [5.74, 6) is -0.717. The lowest BCUT2D eigenvalue weighted by atomic mass is 9.98. The summed E-state index contributed by atoms with van der Waals surface area (Å²) in [5, 5.41) is 11.7. The van der Waals surface area contributed by atoms with Crippen molar-refractivity contribution >= 4 is 16.8 Å². The molecule has 1 amide bonds. The summed E-state index contributed by atoms with van der Waals surface area (Å²) in [7, 11) is 2.11. The van der Waals surface area contributed by atoms with Crippen LogP contribution in [-0.2, 0) is 24.2 Å². The number of carbonyl (C=O) groups excluding carboxylic acids is 1. The predicted octanol–water partition coefficient (Wildman–Crippen LogP) is 3.22. The fourth-order valence-electron chi connectivity index (χ4n) is 4.81. The molecule has 0 saturated carbocycles. The van der Waals surface area contributed by atoms with Crippen molar-refractivity contribution in [2.45, 2.75) is 38.4 Å². The van der Waals surface area contributed by atoms with E-state index in [1.807, 2.05) is 0 Å². The number of aromatic nitrogens is 2. The zero-order valence-corrected chi connectivity index (χ0v) is 18.1. The Morgan fingerprint density at radius 2 is 2.12 bits per heavy atom. The summed E-state index contributed by atoms with van der Waals surface area (Å²) in [6, 6.07) is 6.85. The largest absolute Gasteiger partial charge is 0.380 e. The molecule has 168 valence electrons. The van der Waals surface area contributed by atoms with Crippen molar-refractivity contribution in [1.82, 2.24) is 19.5 Å². The monoisotopic (exact) mass is 438 g/mol. The van der Waals surface area contributed by atoms with E-state index in [2.05, 4.69) is 27.7 Å². The molecule has 4 heterocycles. The Morgan fingerprint density at radius 3 is 2.88 bits per heavy atom. The molecule has 2 aromatic heterocycles. The number of rotatable bonds is 5. The summed E-state index contributed by atoms with van der Waals surface area (Å²) in [6.45, 7) is 3.09. The Hall–Kier alpha value is -2.81. The molecule has 1 unspecified atom stereocenters. The molecule has 1 N–H and O–H groups in total. The van der Waals surface area contributed by atoms with Crippen LogP contribution >= 0.6 is 0 Å². The number of nitrogens with zero attached hydrogens (tertiary/aromatic N) is 4. The van der Waals surface area contributed by atoms with Crippen LogP contribution in [0.2, 0.25) is 0 Å². The molecule has 1 saturated heterocycles. The van der Waals surface area contributed by atoms with Gasteiger partial charge in [-0.3, -0.25) is 14.9 Å². The van der Waals surface area contributed by atoms with E-state index in [9.17, 15) is 14.4 Å². The standard InChI is InChI=1S/C24H27FN4O3/c1-27(19-3-2-10-32-15-19)13-17-14-28(12-16-4-6-18(25)7-5-16)21-11-26-23-20(22(17)21)8-9-29(31)24(23)30/h4-7,11,14,19,31H,2-3,8-10,12-13,15H2,1H3. The molecule has 5 rings (SSSR count). The highest BCUT2D eigenvalue weighted by Crippen LogP contribution is 2.31. The summed E-state index contributed by atoms with van der Waals surface area (Å²) < 4.78 is 21.2. The van der Waals surface area contributed by atoms with Crippen LogP contribution in [0, 0.1) is 5.82 Å². The minimum atomic E-state index is -0.459. The van der Waals surface area contributed by atoms with Gasteiger partial charge < -0.3 is 9.30 Å². The van der Waals surface area contributed by atoms with Gasteiger partial charge >= 0.3 is 0 Å². The first kappa shape index (κ1) is 21.1. The fourth-order valence-corrected chi connectivity index (χ4v) is 4.81. The second kappa shape index (κ2) is 8.61. The zero-order chi connectivity index (χ0) is 22.2. The molecule has 1 fully saturated rings. The number of hydroxylamine groups is 2. The van der Waals surface area contributed by atoms with Crippen molar-refractivity contribution in [1.29, 1.82) is 0 Å². The van der Waals surface area contributed by atoms with Gasteiger partial charge in [0.2, 0.25) is 0 Å². The molecule has 2 aliphatic rings. The minimum Gasteiger partial charge on any atom is -0.380 e. The van der Waals surface area contributed by atoms with E-state index in [1.54, 1.807) is 18.3 Å². The number of ether oxygens (including phenoxy) is 1. The van der Waals surface area contributed by atoms with Crippen LogP contribution in [0.4, 0.5) is 4.39 Å². The lowest BCUT2D eigenvalue weighted by Crippen LogP contribution is -2.38. The van der Waals surface area contributed by atoms with E-state index in [0.29, 0.717) is 31.2 Å². The van der Waals surface area contributed by atoms with Crippen LogP contribution in [-0.4, -0.2) is 63.5 Å². The van der Waals surface area contributed by atoms with Crippen molar-refractivity contribution in [2.75, 3.05) is 26.8 Å². The second-order valence-corrected chi connectivity index (χ2v) is 8.72. The number of carbonyl (C=O) groups is 1. The molecule has 1 aromatic carbocycles. The maximum Gasteiger partial charge on any atom is 0.296 e. The van der Waals surface area contributed by atoms with Crippen LogP contribution in [0.1, 0.15) is 40.0 Å². The van der Waals surface area contributed by atoms with Gasteiger partial charge in [0, 0.05) is 37.3 Å². The molecular formula is C24H27FN4O3. The fraction of sp³-hybridized carbons (Fsp3) is 0.417. The highest BCUT2D eigenvalue weighted by atomic mass is 19.1. The maximum atomic E-state index is 13.4. The number of amides is 1. The lowest BCUT2D eigenvalue weighted by Gasteiger charge is -2.31. The topological polar surface area (TPSA) is 70.8 Å². The SMILES string of the molecule is CN(Cc1cn(Cc2ccc(F)cc2)c2cnc3c(c12)CCN(O)C3=O)C1CCCOC1. The van der Waals surface area contributed by atoms with Crippen molar-refractivity contribution in [3.05, 3.63) is 64.9 Å². The third-order valence-corrected chi connectivity index (χ3v) is 6.56. The first-order valence-corrected chi connectivity index (χ1v) is 11.0. The van der Waals surface area contributed by atoms with E-state index in [0.717, 1.165) is 58.7 Å². The van der Waals surface area contributed by atoms with Gasteiger partial charge in [-0.25, -0.2) is 14.4 Å². The van der Waals surface area contributed by atoms with E-state index < -0.39 is 5.91 Å². The molecule has 0 bridgehead atoms. The summed E-state index contributed by atoms with van der Waals surface area (Å²) in [4.78, 5) is 19.2. The molecule has 0 spiro atoms. The van der Waals surface area contributed by atoms with Crippen molar-refractivity contribution < 1.29 is 19.1 Å². The van der Waals surface area contributed by atoms with Gasteiger partial charge in [0.15, 0.2) is 0 Å². The molecule has 0 radical (unpaired) electrons. The number of fused-ring (bicyclic) bond motifs is 3. The van der Waals surface area contributed by atoms with Gasteiger partial charge in [-0.15, -0.1) is 0 Å². The number of likely N-dealkylation sites (N-methyl/N-ethyl adjacent to an activating group) is 1. The lowest BCUT2D eigenvalue weighted by molar-refractivity contribution is -0.0606. The van der Waals surface area contributed by atoms with Gasteiger partial charge in [0.25, 0.3) is 5.91 Å². The minimum absolute atomic E-state index is 0.252. The van der Waals surface area contributed by atoms with Gasteiger partial charge in [-0.2, -0.15) is 0 Å². The average molecular weight is 439 g/mol. The second-order valence-electron chi connectivity index (χ2n) is 8.72. The number of hydrogen-bond acceptors (Lipinski definition) is 5. The van der Waals surface area contributed by atoms with Crippen molar-refractivity contribution in [3.63, 3.8) is 0 Å². The highest BCUT2D eigenvalue weighted by molar-refractivity contribution is 6.00.